The average molecular weight is 316 g/mol. The number of hydrogen-bond acceptors (Lipinski definition) is 8. The summed E-state index contributed by atoms with van der Waals surface area (Å²) < 4.78 is 0. The maximum Gasteiger partial charge on any atom is 0.121 e. The van der Waals surface area contributed by atoms with Gasteiger partial charge in [0.25, 0.3) is 0 Å². The largest absolute Gasteiger partial charge is 0.547 e. The summed E-state index contributed by atoms with van der Waals surface area (Å²) in [4.78, 5) is 22.4. The maximum absolute atomic E-state index is 11.5. The molecule has 8 nitrogen and oxygen atoms in total. The zero-order chi connectivity index (χ0) is 17.7. The van der Waals surface area contributed by atoms with Gasteiger partial charge in [-0.15, -0.1) is 0 Å². The van der Waals surface area contributed by atoms with E-state index in [2.05, 4.69) is 10.2 Å². The second-order valence-electron chi connectivity index (χ2n) is 6.35. The summed E-state index contributed by atoms with van der Waals surface area (Å²) in [5.74, 6) is -3.84. The molecule has 0 fully saturated rings. The molecule has 0 spiro atoms. The Morgan fingerprint density at radius 3 is 1.64 bits per heavy atom. The minimum absolute atomic E-state index is 0.0418. The van der Waals surface area contributed by atoms with E-state index < -0.39 is 41.1 Å². The lowest BCUT2D eigenvalue weighted by molar-refractivity contribution is -0.316. The minimum Gasteiger partial charge on any atom is -0.547 e. The van der Waals surface area contributed by atoms with E-state index in [1.54, 1.807) is 0 Å². The molecular formula is C14H24N2O6-2. The number of nitrogens with zero attached hydrogens (tertiary/aromatic N) is 2. The number of aliphatic carboxylic acids is 2. The van der Waals surface area contributed by atoms with Crippen molar-refractivity contribution >= 4 is 11.9 Å². The van der Waals surface area contributed by atoms with Crippen molar-refractivity contribution in [3.05, 3.63) is 0 Å². The van der Waals surface area contributed by atoms with Gasteiger partial charge in [-0.2, -0.15) is 10.2 Å². The Kier molecular flexibility index (Phi) is 7.11. The highest BCUT2D eigenvalue weighted by Gasteiger charge is 2.38. The van der Waals surface area contributed by atoms with Crippen LogP contribution in [0.15, 0.2) is 10.2 Å². The van der Waals surface area contributed by atoms with Gasteiger partial charge in [0.1, 0.15) is 11.1 Å². The van der Waals surface area contributed by atoms with Crippen molar-refractivity contribution < 1.29 is 30.0 Å². The fraction of sp³-hybridized carbons (Fsp3) is 0.857. The third-order valence-electron chi connectivity index (χ3n) is 3.47. The van der Waals surface area contributed by atoms with Crippen LogP contribution in [0.2, 0.25) is 0 Å². The first-order valence-corrected chi connectivity index (χ1v) is 7.06. The summed E-state index contributed by atoms with van der Waals surface area (Å²) >= 11 is 0. The zero-order valence-corrected chi connectivity index (χ0v) is 13.6. The number of carbonyl (C=O) groups excluding carboxylic acids is 2. The highest BCUT2D eigenvalue weighted by Crippen LogP contribution is 2.31. The Balaban J connectivity index is 5.65. The molecule has 0 amide bonds. The molecule has 0 aliphatic rings. The lowest BCUT2D eigenvalue weighted by atomic mass is 9.79. The number of carbonyl (C=O) groups is 2. The normalized spacial score (nSPS) is 19.4. The van der Waals surface area contributed by atoms with Gasteiger partial charge in [0.2, 0.25) is 0 Å². The highest BCUT2D eigenvalue weighted by molar-refractivity contribution is 5.77. The Hall–Kier alpha value is -1.54. The first kappa shape index (κ1) is 20.5. The summed E-state index contributed by atoms with van der Waals surface area (Å²) in [5, 5.41) is 48.7. The maximum atomic E-state index is 11.5. The van der Waals surface area contributed by atoms with Gasteiger partial charge in [-0.05, 0) is 53.4 Å². The van der Waals surface area contributed by atoms with Crippen LogP contribution in [-0.2, 0) is 9.59 Å². The van der Waals surface area contributed by atoms with Crippen LogP contribution in [0.5, 0.6) is 0 Å². The molecule has 22 heavy (non-hydrogen) atoms. The molecule has 0 saturated heterocycles. The molecule has 8 heteroatoms. The predicted molar refractivity (Wildman–Crippen MR) is 73.4 cm³/mol. The van der Waals surface area contributed by atoms with Gasteiger partial charge < -0.3 is 30.0 Å². The van der Waals surface area contributed by atoms with Gasteiger partial charge in [-0.1, -0.05) is 0 Å². The van der Waals surface area contributed by atoms with Crippen molar-refractivity contribution in [3.63, 3.8) is 0 Å². The fourth-order valence-corrected chi connectivity index (χ4v) is 1.94. The van der Waals surface area contributed by atoms with Crippen molar-refractivity contribution in [2.75, 3.05) is 0 Å². The van der Waals surface area contributed by atoms with E-state index in [9.17, 15) is 30.0 Å². The summed E-state index contributed by atoms with van der Waals surface area (Å²) in [5.41, 5.74) is -3.57. The van der Waals surface area contributed by atoms with Crippen molar-refractivity contribution in [2.24, 2.45) is 16.1 Å². The molecule has 2 N–H and O–H groups in total. The predicted octanol–water partition coefficient (Wildman–Crippen LogP) is -1.37. The summed E-state index contributed by atoms with van der Waals surface area (Å²) in [6, 6.07) is 0. The summed E-state index contributed by atoms with van der Waals surface area (Å²) in [6.45, 7) is 6.63. The smallest absolute Gasteiger partial charge is 0.121 e. The lowest BCUT2D eigenvalue weighted by Crippen LogP contribution is -2.52. The highest BCUT2D eigenvalue weighted by atomic mass is 16.4. The SMILES string of the molecule is CC(O)CC(CC(C)O)C(C)(N=NC(C)(C)C(=O)[O-])C(=O)[O-]. The molecule has 0 aromatic rings. The first-order valence-electron chi connectivity index (χ1n) is 7.06. The van der Waals surface area contributed by atoms with E-state index in [-0.39, 0.29) is 12.8 Å². The second-order valence-corrected chi connectivity index (χ2v) is 6.35. The van der Waals surface area contributed by atoms with Crippen LogP contribution in [0.1, 0.15) is 47.5 Å². The monoisotopic (exact) mass is 316 g/mol. The van der Waals surface area contributed by atoms with E-state index in [1.165, 1.54) is 34.6 Å². The molecule has 0 rings (SSSR count). The molecule has 3 atom stereocenters. The van der Waals surface area contributed by atoms with Crippen LogP contribution >= 0.6 is 0 Å². The van der Waals surface area contributed by atoms with Crippen molar-refractivity contribution in [3.8, 4) is 0 Å². The first-order chi connectivity index (χ1) is 9.82. The second kappa shape index (κ2) is 7.64. The van der Waals surface area contributed by atoms with Crippen LogP contribution in [0, 0.1) is 5.92 Å². The molecule has 0 aromatic heterocycles. The Morgan fingerprint density at radius 1 is 0.955 bits per heavy atom. The number of aliphatic hydroxyl groups excluding tert-OH is 2. The topological polar surface area (TPSA) is 145 Å². The molecule has 0 radical (unpaired) electrons. The van der Waals surface area contributed by atoms with Crippen LogP contribution in [0.4, 0.5) is 0 Å². The molecule has 3 unspecified atom stereocenters. The Labute approximate surface area is 129 Å². The van der Waals surface area contributed by atoms with E-state index in [1.807, 2.05) is 0 Å². The minimum atomic E-state index is -1.87. The molecule has 0 bridgehead atoms. The van der Waals surface area contributed by atoms with Crippen LogP contribution in [0.25, 0.3) is 0 Å². The van der Waals surface area contributed by atoms with Crippen LogP contribution in [0.3, 0.4) is 0 Å². The molecular weight excluding hydrogens is 292 g/mol. The number of azo groups is 1. The average Bonchev–Trinajstić information content (AvgIpc) is 2.33. The van der Waals surface area contributed by atoms with Crippen molar-refractivity contribution in [1.82, 2.24) is 0 Å². The van der Waals surface area contributed by atoms with E-state index >= 15 is 0 Å². The molecule has 0 aliphatic carbocycles. The van der Waals surface area contributed by atoms with Crippen molar-refractivity contribution in [2.45, 2.75) is 70.7 Å². The van der Waals surface area contributed by atoms with Gasteiger partial charge in [0.05, 0.1) is 24.1 Å². The van der Waals surface area contributed by atoms with Gasteiger partial charge in [0.15, 0.2) is 0 Å². The Bertz CT molecular complexity index is 423. The number of hydrogen-bond donors (Lipinski definition) is 2. The van der Waals surface area contributed by atoms with Crippen molar-refractivity contribution in [1.29, 1.82) is 0 Å². The molecule has 0 heterocycles. The third-order valence-corrected chi connectivity index (χ3v) is 3.47. The van der Waals surface area contributed by atoms with Gasteiger partial charge in [-0.25, -0.2) is 0 Å². The standard InChI is InChI=1S/C14H26N2O6/c1-8(17)6-10(7-9(2)18)14(5,12(21)22)16-15-13(3,4)11(19)20/h8-10,17-18H,6-7H2,1-5H3,(H,19,20)(H,21,22)/p-2. The van der Waals surface area contributed by atoms with Gasteiger partial charge >= 0.3 is 0 Å². The number of aliphatic hydroxyl groups is 2. The zero-order valence-electron chi connectivity index (χ0n) is 13.6. The quantitative estimate of drug-likeness (QED) is 0.502. The Morgan fingerprint density at radius 2 is 1.36 bits per heavy atom. The lowest BCUT2D eigenvalue weighted by Gasteiger charge is -2.36. The molecule has 0 aliphatic heterocycles. The number of carboxylic acid groups (broad SMARTS) is 2. The molecule has 128 valence electrons. The van der Waals surface area contributed by atoms with Crippen LogP contribution < -0.4 is 10.2 Å². The summed E-state index contributed by atoms with van der Waals surface area (Å²) in [6.07, 6.45) is -1.57. The van der Waals surface area contributed by atoms with Gasteiger partial charge in [0, 0.05) is 0 Å². The summed E-state index contributed by atoms with van der Waals surface area (Å²) in [7, 11) is 0. The fourth-order valence-electron chi connectivity index (χ4n) is 1.94. The van der Waals surface area contributed by atoms with Crippen LogP contribution in [-0.4, -0.2) is 45.4 Å². The van der Waals surface area contributed by atoms with Gasteiger partial charge in [-0.3, -0.25) is 0 Å². The molecule has 0 saturated carbocycles. The molecule has 0 aromatic carbocycles. The van der Waals surface area contributed by atoms with E-state index in [0.29, 0.717) is 0 Å². The third kappa shape index (κ3) is 5.69. The number of carboxylic acids is 2. The van der Waals surface area contributed by atoms with E-state index in [4.69, 9.17) is 0 Å². The number of rotatable bonds is 9. The van der Waals surface area contributed by atoms with E-state index in [0.717, 1.165) is 0 Å².